The monoisotopic (exact) mass is 312 g/mol. The second-order valence-electron chi connectivity index (χ2n) is 6.32. The lowest BCUT2D eigenvalue weighted by atomic mass is 10.1. The molecular formula is C19H28N4. The van der Waals surface area contributed by atoms with E-state index in [9.17, 15) is 0 Å². The van der Waals surface area contributed by atoms with Crippen LogP contribution in [0.15, 0.2) is 36.4 Å². The maximum absolute atomic E-state index is 4.79. The van der Waals surface area contributed by atoms with E-state index in [0.29, 0.717) is 0 Å². The number of hydrogen-bond donors (Lipinski definition) is 0. The van der Waals surface area contributed by atoms with Gasteiger partial charge >= 0.3 is 0 Å². The van der Waals surface area contributed by atoms with E-state index in [2.05, 4.69) is 64.7 Å². The van der Waals surface area contributed by atoms with Crippen molar-refractivity contribution in [1.82, 2.24) is 19.6 Å². The predicted octanol–water partition coefficient (Wildman–Crippen LogP) is 2.63. The molecule has 0 atom stereocenters. The van der Waals surface area contributed by atoms with Gasteiger partial charge in [-0.25, -0.2) is 0 Å². The molecule has 0 saturated carbocycles. The molecule has 1 aliphatic rings. The molecule has 0 amide bonds. The highest BCUT2D eigenvalue weighted by Gasteiger charge is 2.18. The van der Waals surface area contributed by atoms with Crippen LogP contribution >= 0.6 is 0 Å². The summed E-state index contributed by atoms with van der Waals surface area (Å²) in [5.41, 5.74) is 3.89. The Labute approximate surface area is 139 Å². The summed E-state index contributed by atoms with van der Waals surface area (Å²) in [6.07, 6.45) is 0.931. The van der Waals surface area contributed by atoms with Crippen LogP contribution in [0.3, 0.4) is 0 Å². The van der Waals surface area contributed by atoms with Crippen molar-refractivity contribution in [2.45, 2.75) is 33.4 Å². The average molecular weight is 312 g/mol. The number of aromatic nitrogens is 2. The van der Waals surface area contributed by atoms with Crippen LogP contribution in [-0.4, -0.2) is 52.3 Å². The Morgan fingerprint density at radius 2 is 1.87 bits per heavy atom. The molecule has 0 radical (unpaired) electrons. The Balaban J connectivity index is 1.58. The number of nitrogens with zero attached hydrogens (tertiary/aromatic N) is 4. The molecule has 0 spiro atoms. The highest BCUT2D eigenvalue weighted by atomic mass is 15.3. The minimum Gasteiger partial charge on any atom is -0.303 e. The van der Waals surface area contributed by atoms with E-state index in [-0.39, 0.29) is 0 Å². The van der Waals surface area contributed by atoms with Crippen molar-refractivity contribution in [2.75, 3.05) is 32.7 Å². The normalized spacial score (nSPS) is 15.1. The molecule has 0 aliphatic carbocycles. The van der Waals surface area contributed by atoms with Gasteiger partial charge < -0.3 is 4.90 Å². The zero-order valence-corrected chi connectivity index (χ0v) is 14.4. The third kappa shape index (κ3) is 4.21. The number of benzene rings is 1. The molecule has 3 rings (SSSR count). The molecule has 124 valence electrons. The number of rotatable bonds is 7. The summed E-state index contributed by atoms with van der Waals surface area (Å²) in [6.45, 7) is 12.2. The summed E-state index contributed by atoms with van der Waals surface area (Å²) >= 11 is 0. The quantitative estimate of drug-likeness (QED) is 0.785. The third-order valence-corrected chi connectivity index (χ3v) is 4.78. The van der Waals surface area contributed by atoms with Gasteiger partial charge in [-0.2, -0.15) is 5.10 Å². The van der Waals surface area contributed by atoms with Crippen molar-refractivity contribution in [3.8, 4) is 0 Å². The van der Waals surface area contributed by atoms with Crippen molar-refractivity contribution in [3.05, 3.63) is 53.3 Å². The molecular weight excluding hydrogens is 284 g/mol. The first-order valence-corrected chi connectivity index (χ1v) is 8.82. The standard InChI is InChI=1S/C19H28N4/c1-3-21(4-2)10-11-22-12-13-23-19(16-22)15-18(20-23)14-17-8-6-5-7-9-17/h5-9,15H,3-4,10-14,16H2,1-2H3. The van der Waals surface area contributed by atoms with Gasteiger partial charge in [-0.05, 0) is 24.7 Å². The van der Waals surface area contributed by atoms with Crippen LogP contribution in [0.1, 0.15) is 30.8 Å². The Bertz CT molecular complexity index is 601. The summed E-state index contributed by atoms with van der Waals surface area (Å²) in [4.78, 5) is 5.05. The van der Waals surface area contributed by atoms with Gasteiger partial charge in [-0.3, -0.25) is 9.58 Å². The zero-order chi connectivity index (χ0) is 16.1. The van der Waals surface area contributed by atoms with Crippen LogP contribution in [0.4, 0.5) is 0 Å². The minimum atomic E-state index is 0.931. The van der Waals surface area contributed by atoms with Gasteiger partial charge in [-0.1, -0.05) is 44.2 Å². The van der Waals surface area contributed by atoms with Gasteiger partial charge in [0.05, 0.1) is 17.9 Å². The van der Waals surface area contributed by atoms with Crippen molar-refractivity contribution < 1.29 is 0 Å². The van der Waals surface area contributed by atoms with Crippen LogP contribution in [-0.2, 0) is 19.5 Å². The average Bonchev–Trinajstić information content (AvgIpc) is 2.98. The molecule has 1 aromatic heterocycles. The zero-order valence-electron chi connectivity index (χ0n) is 14.4. The highest BCUT2D eigenvalue weighted by Crippen LogP contribution is 2.16. The van der Waals surface area contributed by atoms with Gasteiger partial charge in [0.1, 0.15) is 0 Å². The SMILES string of the molecule is CCN(CC)CCN1CCn2nc(Cc3ccccc3)cc2C1. The Morgan fingerprint density at radius 1 is 1.09 bits per heavy atom. The van der Waals surface area contributed by atoms with E-state index in [4.69, 9.17) is 5.10 Å². The number of likely N-dealkylation sites (N-methyl/N-ethyl adjacent to an activating group) is 1. The fourth-order valence-corrected chi connectivity index (χ4v) is 3.29. The van der Waals surface area contributed by atoms with Gasteiger partial charge in [-0.15, -0.1) is 0 Å². The van der Waals surface area contributed by atoms with Crippen LogP contribution in [0.5, 0.6) is 0 Å². The van der Waals surface area contributed by atoms with Gasteiger partial charge in [0.25, 0.3) is 0 Å². The van der Waals surface area contributed by atoms with E-state index < -0.39 is 0 Å². The van der Waals surface area contributed by atoms with Crippen molar-refractivity contribution in [2.24, 2.45) is 0 Å². The molecule has 0 saturated heterocycles. The van der Waals surface area contributed by atoms with Crippen LogP contribution in [0, 0.1) is 0 Å². The third-order valence-electron chi connectivity index (χ3n) is 4.78. The van der Waals surface area contributed by atoms with Gasteiger partial charge in [0.15, 0.2) is 0 Å². The van der Waals surface area contributed by atoms with Gasteiger partial charge in [0, 0.05) is 32.6 Å². The predicted molar refractivity (Wildman–Crippen MR) is 94.5 cm³/mol. The minimum absolute atomic E-state index is 0.931. The maximum Gasteiger partial charge on any atom is 0.0671 e. The van der Waals surface area contributed by atoms with Crippen molar-refractivity contribution in [3.63, 3.8) is 0 Å². The summed E-state index contributed by atoms with van der Waals surface area (Å²) in [6, 6.07) is 12.9. The summed E-state index contributed by atoms with van der Waals surface area (Å²) < 4.78 is 2.20. The van der Waals surface area contributed by atoms with E-state index in [1.165, 1.54) is 17.0 Å². The molecule has 4 nitrogen and oxygen atoms in total. The second-order valence-corrected chi connectivity index (χ2v) is 6.32. The molecule has 2 heterocycles. The molecule has 2 aromatic rings. The first kappa shape index (κ1) is 16.2. The molecule has 0 unspecified atom stereocenters. The fraction of sp³-hybridized carbons (Fsp3) is 0.526. The summed E-state index contributed by atoms with van der Waals surface area (Å²) in [5, 5.41) is 4.79. The Morgan fingerprint density at radius 3 is 2.61 bits per heavy atom. The first-order valence-electron chi connectivity index (χ1n) is 8.82. The molecule has 0 fully saturated rings. The fourth-order valence-electron chi connectivity index (χ4n) is 3.29. The Kier molecular flexibility index (Phi) is 5.47. The second kappa shape index (κ2) is 7.75. The lowest BCUT2D eigenvalue weighted by Crippen LogP contribution is -2.39. The number of hydrogen-bond acceptors (Lipinski definition) is 3. The largest absolute Gasteiger partial charge is 0.303 e. The molecule has 1 aromatic carbocycles. The smallest absolute Gasteiger partial charge is 0.0671 e. The molecule has 0 bridgehead atoms. The molecule has 23 heavy (non-hydrogen) atoms. The lowest BCUT2D eigenvalue weighted by molar-refractivity contribution is 0.178. The summed E-state index contributed by atoms with van der Waals surface area (Å²) in [7, 11) is 0. The van der Waals surface area contributed by atoms with E-state index in [0.717, 1.165) is 52.2 Å². The Hall–Kier alpha value is -1.65. The van der Waals surface area contributed by atoms with Crippen molar-refractivity contribution >= 4 is 0 Å². The van der Waals surface area contributed by atoms with Crippen molar-refractivity contribution in [1.29, 1.82) is 0 Å². The molecule has 1 aliphatic heterocycles. The number of fused-ring (bicyclic) bond motifs is 1. The highest BCUT2D eigenvalue weighted by molar-refractivity contribution is 5.23. The van der Waals surface area contributed by atoms with Gasteiger partial charge in [0.2, 0.25) is 0 Å². The van der Waals surface area contributed by atoms with Crippen LogP contribution in [0.25, 0.3) is 0 Å². The van der Waals surface area contributed by atoms with E-state index >= 15 is 0 Å². The van der Waals surface area contributed by atoms with Crippen LogP contribution in [0.2, 0.25) is 0 Å². The maximum atomic E-state index is 4.79. The van der Waals surface area contributed by atoms with E-state index in [1.807, 2.05) is 0 Å². The lowest BCUT2D eigenvalue weighted by Gasteiger charge is -2.29. The topological polar surface area (TPSA) is 24.3 Å². The van der Waals surface area contributed by atoms with Crippen LogP contribution < -0.4 is 0 Å². The molecule has 4 heteroatoms. The molecule has 0 N–H and O–H groups in total. The van der Waals surface area contributed by atoms with E-state index in [1.54, 1.807) is 0 Å². The summed E-state index contributed by atoms with van der Waals surface area (Å²) in [5.74, 6) is 0. The first-order chi connectivity index (χ1) is 11.3.